The molecule has 1 heterocycles. The van der Waals surface area contributed by atoms with Gasteiger partial charge in [0.2, 0.25) is 0 Å². The minimum Gasteiger partial charge on any atom is -0.484 e. The van der Waals surface area contributed by atoms with Gasteiger partial charge in [0.25, 0.3) is 17.1 Å². The number of imide groups is 1. The first-order valence-corrected chi connectivity index (χ1v) is 10.7. The third-order valence-corrected chi connectivity index (χ3v) is 5.22. The molecule has 3 amide bonds. The van der Waals surface area contributed by atoms with Crippen molar-refractivity contribution >= 4 is 46.5 Å². The van der Waals surface area contributed by atoms with Crippen molar-refractivity contribution in [2.24, 2.45) is 0 Å². The Bertz CT molecular complexity index is 1060. The molecule has 0 spiro atoms. The van der Waals surface area contributed by atoms with Crippen LogP contribution in [0, 0.1) is 6.92 Å². The van der Waals surface area contributed by atoms with Crippen molar-refractivity contribution in [3.63, 3.8) is 0 Å². The topological polar surface area (TPSA) is 102 Å². The van der Waals surface area contributed by atoms with Gasteiger partial charge in [-0.2, -0.15) is 0 Å². The minimum atomic E-state index is -0.635. The predicted octanol–water partition coefficient (Wildman–Crippen LogP) is 3.61. The fourth-order valence-corrected chi connectivity index (χ4v) is 3.69. The lowest BCUT2D eigenvalue weighted by molar-refractivity contribution is -0.146. The number of thioether (sulfide) groups is 1. The van der Waals surface area contributed by atoms with E-state index in [1.165, 1.54) is 0 Å². The number of esters is 1. The summed E-state index contributed by atoms with van der Waals surface area (Å²) < 4.78 is 10.3. The molecule has 1 saturated heterocycles. The zero-order chi connectivity index (χ0) is 23.1. The summed E-state index contributed by atoms with van der Waals surface area (Å²) in [7, 11) is 0. The van der Waals surface area contributed by atoms with Crippen molar-refractivity contribution in [3.8, 4) is 5.75 Å². The van der Waals surface area contributed by atoms with E-state index < -0.39 is 23.7 Å². The molecule has 1 aliphatic rings. The highest BCUT2D eigenvalue weighted by Gasteiger charge is 2.36. The molecule has 0 aromatic heterocycles. The Morgan fingerprint density at radius 1 is 1.12 bits per heavy atom. The minimum absolute atomic E-state index is 0.153. The second-order valence-corrected chi connectivity index (χ2v) is 7.84. The van der Waals surface area contributed by atoms with Crippen LogP contribution in [-0.2, 0) is 19.1 Å². The fraction of sp³-hybridized carbons (Fsp3) is 0.217. The summed E-state index contributed by atoms with van der Waals surface area (Å²) in [5, 5.41) is 2.24. The van der Waals surface area contributed by atoms with E-state index in [-0.39, 0.29) is 24.0 Å². The van der Waals surface area contributed by atoms with Gasteiger partial charge in [-0.05, 0) is 67.1 Å². The van der Waals surface area contributed by atoms with Crippen molar-refractivity contribution < 1.29 is 28.7 Å². The van der Waals surface area contributed by atoms with Crippen LogP contribution in [0.3, 0.4) is 0 Å². The van der Waals surface area contributed by atoms with Crippen LogP contribution in [-0.4, -0.2) is 47.7 Å². The second kappa shape index (κ2) is 10.6. The molecule has 0 saturated carbocycles. The van der Waals surface area contributed by atoms with Gasteiger partial charge in [0.05, 0.1) is 11.5 Å². The first kappa shape index (κ1) is 23.1. The van der Waals surface area contributed by atoms with Gasteiger partial charge in [-0.1, -0.05) is 24.3 Å². The summed E-state index contributed by atoms with van der Waals surface area (Å²) >= 11 is 0.764. The molecule has 0 atom stereocenters. The summed E-state index contributed by atoms with van der Waals surface area (Å²) in [4.78, 5) is 49.2. The van der Waals surface area contributed by atoms with Gasteiger partial charge < -0.3 is 14.8 Å². The number of anilines is 1. The molecular formula is C23H22N2O6S. The molecule has 1 N–H and O–H groups in total. The fourth-order valence-electron chi connectivity index (χ4n) is 2.85. The molecule has 1 aliphatic heterocycles. The number of rotatable bonds is 8. The van der Waals surface area contributed by atoms with Gasteiger partial charge in [0.15, 0.2) is 6.61 Å². The lowest BCUT2D eigenvalue weighted by Gasteiger charge is -2.10. The van der Waals surface area contributed by atoms with Crippen LogP contribution in [0.1, 0.15) is 18.1 Å². The van der Waals surface area contributed by atoms with Crippen molar-refractivity contribution in [2.45, 2.75) is 13.8 Å². The molecule has 3 rings (SSSR count). The average molecular weight is 455 g/mol. The van der Waals surface area contributed by atoms with Gasteiger partial charge in [0.1, 0.15) is 12.3 Å². The first-order valence-electron chi connectivity index (χ1n) is 9.86. The monoisotopic (exact) mass is 454 g/mol. The van der Waals surface area contributed by atoms with E-state index in [9.17, 15) is 19.2 Å². The number of aryl methyl sites for hydroxylation is 1. The smallest absolute Gasteiger partial charge is 0.326 e. The highest BCUT2D eigenvalue weighted by atomic mass is 32.2. The standard InChI is InChI=1S/C23H22N2O6S/c1-3-30-21(27)13-25-22(28)19(32-23(25)29)12-16-7-9-18(10-8-16)31-14-20(26)24-17-6-4-5-15(2)11-17/h4-12H,3,13-14H2,1-2H3,(H,24,26)/b19-12+. The molecule has 0 radical (unpaired) electrons. The zero-order valence-electron chi connectivity index (χ0n) is 17.6. The maximum atomic E-state index is 12.4. The van der Waals surface area contributed by atoms with E-state index >= 15 is 0 Å². The second-order valence-electron chi connectivity index (χ2n) is 6.85. The van der Waals surface area contributed by atoms with Crippen LogP contribution >= 0.6 is 11.8 Å². The van der Waals surface area contributed by atoms with Crippen molar-refractivity contribution in [3.05, 3.63) is 64.6 Å². The Labute approximate surface area is 189 Å². The van der Waals surface area contributed by atoms with Crippen LogP contribution in [0.5, 0.6) is 5.75 Å². The van der Waals surface area contributed by atoms with Crippen LogP contribution in [0.15, 0.2) is 53.4 Å². The number of nitrogens with one attached hydrogen (secondary N) is 1. The average Bonchev–Trinajstić information content (AvgIpc) is 3.01. The number of carbonyl (C=O) groups excluding carboxylic acids is 4. The number of nitrogens with zero attached hydrogens (tertiary/aromatic N) is 1. The van der Waals surface area contributed by atoms with E-state index in [0.29, 0.717) is 17.0 Å². The van der Waals surface area contributed by atoms with Gasteiger partial charge >= 0.3 is 5.97 Å². The van der Waals surface area contributed by atoms with Crippen molar-refractivity contribution in [2.75, 3.05) is 25.1 Å². The quantitative estimate of drug-likeness (QED) is 0.480. The van der Waals surface area contributed by atoms with Crippen molar-refractivity contribution in [1.82, 2.24) is 4.90 Å². The highest BCUT2D eigenvalue weighted by molar-refractivity contribution is 8.18. The van der Waals surface area contributed by atoms with Crippen molar-refractivity contribution in [1.29, 1.82) is 0 Å². The third-order valence-electron chi connectivity index (χ3n) is 4.32. The highest BCUT2D eigenvalue weighted by Crippen LogP contribution is 2.32. The summed E-state index contributed by atoms with van der Waals surface area (Å²) in [6.07, 6.45) is 1.56. The lowest BCUT2D eigenvalue weighted by atomic mass is 10.2. The SMILES string of the molecule is CCOC(=O)CN1C(=O)S/C(=C/c2ccc(OCC(=O)Nc3cccc(C)c3)cc2)C1=O. The molecule has 1 fully saturated rings. The third kappa shape index (κ3) is 6.21. The maximum Gasteiger partial charge on any atom is 0.326 e. The summed E-state index contributed by atoms with van der Waals surface area (Å²) in [5.41, 5.74) is 2.41. The number of hydrogen-bond acceptors (Lipinski definition) is 7. The molecule has 166 valence electrons. The Morgan fingerprint density at radius 2 is 1.88 bits per heavy atom. The Kier molecular flexibility index (Phi) is 7.67. The normalized spacial score (nSPS) is 14.6. The van der Waals surface area contributed by atoms with Gasteiger partial charge in [-0.15, -0.1) is 0 Å². The zero-order valence-corrected chi connectivity index (χ0v) is 18.4. The van der Waals surface area contributed by atoms with E-state index in [4.69, 9.17) is 9.47 Å². The van der Waals surface area contributed by atoms with Crippen LogP contribution in [0.25, 0.3) is 6.08 Å². The number of benzene rings is 2. The largest absolute Gasteiger partial charge is 0.484 e. The number of amides is 3. The summed E-state index contributed by atoms with van der Waals surface area (Å²) in [6.45, 7) is 3.20. The van der Waals surface area contributed by atoms with E-state index in [1.807, 2.05) is 25.1 Å². The molecule has 9 heteroatoms. The molecule has 0 bridgehead atoms. The first-order chi connectivity index (χ1) is 15.4. The number of carbonyl (C=O) groups is 4. The molecular weight excluding hydrogens is 432 g/mol. The van der Waals surface area contributed by atoms with E-state index in [0.717, 1.165) is 22.2 Å². The molecule has 2 aromatic rings. The van der Waals surface area contributed by atoms with Gasteiger partial charge in [-0.3, -0.25) is 24.1 Å². The molecule has 0 unspecified atom stereocenters. The van der Waals surface area contributed by atoms with Crippen LogP contribution in [0.2, 0.25) is 0 Å². The lowest BCUT2D eigenvalue weighted by Crippen LogP contribution is -2.34. The van der Waals surface area contributed by atoms with Gasteiger partial charge in [0, 0.05) is 5.69 Å². The number of ether oxygens (including phenoxy) is 2. The van der Waals surface area contributed by atoms with E-state index in [1.54, 1.807) is 43.3 Å². The predicted molar refractivity (Wildman–Crippen MR) is 121 cm³/mol. The molecule has 8 nitrogen and oxygen atoms in total. The Morgan fingerprint density at radius 3 is 2.56 bits per heavy atom. The number of hydrogen-bond donors (Lipinski definition) is 1. The Balaban J connectivity index is 1.55. The molecule has 32 heavy (non-hydrogen) atoms. The van der Waals surface area contributed by atoms with E-state index in [2.05, 4.69) is 5.32 Å². The molecule has 2 aromatic carbocycles. The summed E-state index contributed by atoms with van der Waals surface area (Å²) in [6, 6.07) is 14.2. The van der Waals surface area contributed by atoms with Gasteiger partial charge in [-0.25, -0.2) is 0 Å². The van der Waals surface area contributed by atoms with Crippen LogP contribution in [0.4, 0.5) is 10.5 Å². The maximum absolute atomic E-state index is 12.4. The molecule has 0 aliphatic carbocycles. The Hall–Kier alpha value is -3.59. The van der Waals surface area contributed by atoms with Crippen LogP contribution < -0.4 is 10.1 Å². The summed E-state index contributed by atoms with van der Waals surface area (Å²) in [5.74, 6) is -0.975.